The summed E-state index contributed by atoms with van der Waals surface area (Å²) in [5.41, 5.74) is 1.63. The van der Waals surface area contributed by atoms with Crippen LogP contribution in [0.5, 0.6) is 0 Å². The Bertz CT molecular complexity index is 688. The molecule has 2 amide bonds. The third kappa shape index (κ3) is 4.25. The molecule has 1 aromatic carbocycles. The SMILES string of the molecule is O=C(CCc1ccco1)NCc1cccc(C(=O)N2CCCC2)c1. The molecule has 5 nitrogen and oxygen atoms in total. The van der Waals surface area contributed by atoms with E-state index >= 15 is 0 Å². The van der Waals surface area contributed by atoms with Gasteiger partial charge in [0.05, 0.1) is 6.26 Å². The number of nitrogens with zero attached hydrogens (tertiary/aromatic N) is 1. The predicted molar refractivity (Wildman–Crippen MR) is 90.5 cm³/mol. The number of furan rings is 1. The molecular weight excluding hydrogens is 304 g/mol. The molecule has 0 bridgehead atoms. The van der Waals surface area contributed by atoms with E-state index in [-0.39, 0.29) is 11.8 Å². The number of likely N-dealkylation sites (tertiary alicyclic amines) is 1. The standard InChI is InChI=1S/C19H22N2O3/c22-18(9-8-17-7-4-12-24-17)20-14-15-5-3-6-16(13-15)19(23)21-10-1-2-11-21/h3-7,12-13H,1-2,8-11,14H2,(H,20,22). The van der Waals surface area contributed by atoms with Gasteiger partial charge in [-0.05, 0) is 42.7 Å². The normalized spacial score (nSPS) is 13.9. The summed E-state index contributed by atoms with van der Waals surface area (Å²) >= 11 is 0. The summed E-state index contributed by atoms with van der Waals surface area (Å²) in [4.78, 5) is 26.2. The zero-order valence-electron chi connectivity index (χ0n) is 13.7. The summed E-state index contributed by atoms with van der Waals surface area (Å²) in [7, 11) is 0. The number of carbonyl (C=O) groups is 2. The zero-order chi connectivity index (χ0) is 16.8. The van der Waals surface area contributed by atoms with Crippen LogP contribution in [0, 0.1) is 0 Å². The van der Waals surface area contributed by atoms with Crippen LogP contribution in [0.25, 0.3) is 0 Å². The highest BCUT2D eigenvalue weighted by atomic mass is 16.3. The van der Waals surface area contributed by atoms with Crippen LogP contribution < -0.4 is 5.32 Å². The Morgan fingerprint density at radius 3 is 2.71 bits per heavy atom. The van der Waals surface area contributed by atoms with Crippen LogP contribution in [0.2, 0.25) is 0 Å². The number of nitrogens with one attached hydrogen (secondary N) is 1. The van der Waals surface area contributed by atoms with Gasteiger partial charge in [-0.3, -0.25) is 9.59 Å². The van der Waals surface area contributed by atoms with Crippen molar-refractivity contribution in [2.24, 2.45) is 0 Å². The van der Waals surface area contributed by atoms with E-state index < -0.39 is 0 Å². The first-order valence-electron chi connectivity index (χ1n) is 8.40. The minimum Gasteiger partial charge on any atom is -0.469 e. The lowest BCUT2D eigenvalue weighted by molar-refractivity contribution is -0.121. The van der Waals surface area contributed by atoms with Crippen LogP contribution in [0.1, 0.15) is 40.9 Å². The van der Waals surface area contributed by atoms with Crippen molar-refractivity contribution in [2.45, 2.75) is 32.2 Å². The van der Waals surface area contributed by atoms with Gasteiger partial charge in [-0.15, -0.1) is 0 Å². The Balaban J connectivity index is 1.50. The van der Waals surface area contributed by atoms with E-state index in [1.807, 2.05) is 41.3 Å². The van der Waals surface area contributed by atoms with E-state index in [1.165, 1.54) is 0 Å². The van der Waals surface area contributed by atoms with Gasteiger partial charge in [0.15, 0.2) is 0 Å². The van der Waals surface area contributed by atoms with Gasteiger partial charge in [-0.1, -0.05) is 12.1 Å². The Morgan fingerprint density at radius 1 is 1.12 bits per heavy atom. The van der Waals surface area contributed by atoms with Gasteiger partial charge in [0.1, 0.15) is 5.76 Å². The molecule has 0 unspecified atom stereocenters. The molecule has 1 aliphatic rings. The molecule has 2 aromatic rings. The number of hydrogen-bond acceptors (Lipinski definition) is 3. The molecule has 126 valence electrons. The monoisotopic (exact) mass is 326 g/mol. The molecule has 1 fully saturated rings. The summed E-state index contributed by atoms with van der Waals surface area (Å²) in [6.45, 7) is 2.11. The molecule has 1 N–H and O–H groups in total. The van der Waals surface area contributed by atoms with Crippen LogP contribution in [0.15, 0.2) is 47.1 Å². The smallest absolute Gasteiger partial charge is 0.253 e. The zero-order valence-corrected chi connectivity index (χ0v) is 13.7. The van der Waals surface area contributed by atoms with Crippen molar-refractivity contribution in [2.75, 3.05) is 13.1 Å². The number of carbonyl (C=O) groups excluding carboxylic acids is 2. The Kier molecular flexibility index (Phi) is 5.31. The lowest BCUT2D eigenvalue weighted by atomic mass is 10.1. The van der Waals surface area contributed by atoms with Crippen molar-refractivity contribution >= 4 is 11.8 Å². The highest BCUT2D eigenvalue weighted by Crippen LogP contribution is 2.14. The fourth-order valence-electron chi connectivity index (χ4n) is 2.90. The molecule has 1 aliphatic heterocycles. The topological polar surface area (TPSA) is 62.6 Å². The molecule has 24 heavy (non-hydrogen) atoms. The van der Waals surface area contributed by atoms with Crippen molar-refractivity contribution in [1.82, 2.24) is 10.2 Å². The molecule has 0 spiro atoms. The maximum atomic E-state index is 12.4. The van der Waals surface area contributed by atoms with Gasteiger partial charge in [0.25, 0.3) is 5.91 Å². The average Bonchev–Trinajstić information content (AvgIpc) is 3.31. The van der Waals surface area contributed by atoms with Crippen molar-refractivity contribution < 1.29 is 14.0 Å². The fourth-order valence-corrected chi connectivity index (χ4v) is 2.90. The number of amides is 2. The van der Waals surface area contributed by atoms with Gasteiger partial charge in [0, 0.05) is 38.0 Å². The third-order valence-electron chi connectivity index (χ3n) is 4.24. The molecule has 5 heteroatoms. The highest BCUT2D eigenvalue weighted by Gasteiger charge is 2.19. The maximum Gasteiger partial charge on any atom is 0.253 e. The van der Waals surface area contributed by atoms with Crippen LogP contribution in [-0.2, 0) is 17.8 Å². The minimum absolute atomic E-state index is 0.0253. The number of benzene rings is 1. The van der Waals surface area contributed by atoms with Crippen molar-refractivity contribution in [1.29, 1.82) is 0 Å². The molecule has 1 saturated heterocycles. The first-order chi connectivity index (χ1) is 11.7. The Hall–Kier alpha value is -2.56. The van der Waals surface area contributed by atoms with E-state index in [2.05, 4.69) is 5.32 Å². The molecule has 2 heterocycles. The molecule has 3 rings (SSSR count). The molecular formula is C19H22N2O3. The van der Waals surface area contributed by atoms with Crippen LogP contribution in [0.3, 0.4) is 0 Å². The second-order valence-electron chi connectivity index (χ2n) is 6.06. The molecule has 0 atom stereocenters. The Morgan fingerprint density at radius 2 is 1.96 bits per heavy atom. The Labute approximate surface area is 141 Å². The van der Waals surface area contributed by atoms with E-state index in [4.69, 9.17) is 4.42 Å². The summed E-state index contributed by atoms with van der Waals surface area (Å²) in [5, 5.41) is 2.89. The summed E-state index contributed by atoms with van der Waals surface area (Å²) in [6, 6.07) is 11.2. The van der Waals surface area contributed by atoms with Gasteiger partial charge in [-0.2, -0.15) is 0 Å². The second kappa shape index (κ2) is 7.81. The first kappa shape index (κ1) is 16.3. The summed E-state index contributed by atoms with van der Waals surface area (Å²) in [5.74, 6) is 0.865. The van der Waals surface area contributed by atoms with E-state index in [9.17, 15) is 9.59 Å². The second-order valence-corrected chi connectivity index (χ2v) is 6.06. The van der Waals surface area contributed by atoms with E-state index in [0.717, 1.165) is 37.3 Å². The molecule has 1 aromatic heterocycles. The number of hydrogen-bond donors (Lipinski definition) is 1. The van der Waals surface area contributed by atoms with E-state index in [1.54, 1.807) is 6.26 Å². The largest absolute Gasteiger partial charge is 0.469 e. The number of aryl methyl sites for hydroxylation is 1. The molecule has 0 aliphatic carbocycles. The maximum absolute atomic E-state index is 12.4. The minimum atomic E-state index is -0.0253. The average molecular weight is 326 g/mol. The van der Waals surface area contributed by atoms with Crippen molar-refractivity contribution in [3.05, 3.63) is 59.5 Å². The quantitative estimate of drug-likeness (QED) is 0.888. The fraction of sp³-hybridized carbons (Fsp3) is 0.368. The molecule has 0 saturated carbocycles. The number of rotatable bonds is 6. The van der Waals surface area contributed by atoms with Gasteiger partial charge in [-0.25, -0.2) is 0 Å². The predicted octanol–water partition coefficient (Wildman–Crippen LogP) is 2.76. The lowest BCUT2D eigenvalue weighted by Gasteiger charge is -2.15. The van der Waals surface area contributed by atoms with Gasteiger partial charge < -0.3 is 14.6 Å². The van der Waals surface area contributed by atoms with Gasteiger partial charge >= 0.3 is 0 Å². The van der Waals surface area contributed by atoms with Gasteiger partial charge in [0.2, 0.25) is 5.91 Å². The summed E-state index contributed by atoms with van der Waals surface area (Å²) in [6.07, 6.45) is 4.75. The third-order valence-corrected chi connectivity index (χ3v) is 4.24. The van der Waals surface area contributed by atoms with E-state index in [0.29, 0.717) is 24.9 Å². The summed E-state index contributed by atoms with van der Waals surface area (Å²) < 4.78 is 5.22. The van der Waals surface area contributed by atoms with Crippen molar-refractivity contribution in [3.8, 4) is 0 Å². The van der Waals surface area contributed by atoms with Crippen LogP contribution in [0.4, 0.5) is 0 Å². The first-order valence-corrected chi connectivity index (χ1v) is 8.40. The lowest BCUT2D eigenvalue weighted by Crippen LogP contribution is -2.28. The molecule has 0 radical (unpaired) electrons. The van der Waals surface area contributed by atoms with Crippen molar-refractivity contribution in [3.63, 3.8) is 0 Å². The van der Waals surface area contributed by atoms with Crippen LogP contribution in [-0.4, -0.2) is 29.8 Å². The van der Waals surface area contributed by atoms with Crippen LogP contribution >= 0.6 is 0 Å². The highest BCUT2D eigenvalue weighted by molar-refractivity contribution is 5.94.